The summed E-state index contributed by atoms with van der Waals surface area (Å²) in [5.41, 5.74) is 0.150. The van der Waals surface area contributed by atoms with Gasteiger partial charge in [0.2, 0.25) is 0 Å². The van der Waals surface area contributed by atoms with E-state index in [1.54, 1.807) is 11.0 Å². The number of hydrogen-bond acceptors (Lipinski definition) is 4. The Balaban J connectivity index is 2.13. The number of aromatic hydroxyl groups is 1. The minimum absolute atomic E-state index is 0.0468. The van der Waals surface area contributed by atoms with Crippen LogP contribution in [0.5, 0.6) is 5.75 Å². The van der Waals surface area contributed by atoms with Crippen LogP contribution < -0.4 is 0 Å². The van der Waals surface area contributed by atoms with Crippen molar-refractivity contribution >= 4 is 5.91 Å². The summed E-state index contributed by atoms with van der Waals surface area (Å²) in [6.07, 6.45) is 2.54. The Morgan fingerprint density at radius 2 is 2.33 bits per heavy atom. The van der Waals surface area contributed by atoms with Crippen molar-refractivity contribution in [3.8, 4) is 5.75 Å². The first-order valence-corrected chi connectivity index (χ1v) is 6.27. The molecule has 5 heteroatoms. The van der Waals surface area contributed by atoms with Crippen molar-refractivity contribution in [2.75, 3.05) is 26.7 Å². The van der Waals surface area contributed by atoms with Crippen LogP contribution in [0.2, 0.25) is 0 Å². The normalized spacial score (nSPS) is 21.0. The van der Waals surface area contributed by atoms with E-state index in [2.05, 4.69) is 23.9 Å². The Kier molecular flexibility index (Phi) is 3.81. The molecule has 18 heavy (non-hydrogen) atoms. The van der Waals surface area contributed by atoms with Gasteiger partial charge in [-0.3, -0.25) is 9.69 Å². The third-order valence-electron chi connectivity index (χ3n) is 3.52. The van der Waals surface area contributed by atoms with E-state index in [0.29, 0.717) is 19.1 Å². The molecular weight excluding hydrogens is 230 g/mol. The van der Waals surface area contributed by atoms with Gasteiger partial charge in [-0.1, -0.05) is 6.92 Å². The van der Waals surface area contributed by atoms with Crippen molar-refractivity contribution in [3.63, 3.8) is 0 Å². The summed E-state index contributed by atoms with van der Waals surface area (Å²) in [6.45, 7) is 4.36. The van der Waals surface area contributed by atoms with E-state index in [-0.39, 0.29) is 17.4 Å². The van der Waals surface area contributed by atoms with Crippen LogP contribution >= 0.6 is 0 Å². The molecule has 1 fully saturated rings. The summed E-state index contributed by atoms with van der Waals surface area (Å²) in [5, 5.41) is 9.67. The molecule has 0 aliphatic carbocycles. The number of nitrogens with zero attached hydrogens (tertiary/aromatic N) is 3. The second kappa shape index (κ2) is 5.35. The van der Waals surface area contributed by atoms with Gasteiger partial charge in [-0.05, 0) is 25.6 Å². The smallest absolute Gasteiger partial charge is 0.276 e. The molecule has 1 aliphatic rings. The molecule has 0 spiro atoms. The third-order valence-corrected chi connectivity index (χ3v) is 3.52. The van der Waals surface area contributed by atoms with Gasteiger partial charge in [0.15, 0.2) is 5.69 Å². The van der Waals surface area contributed by atoms with Crippen LogP contribution in [0, 0.1) is 0 Å². The molecule has 0 bridgehead atoms. The lowest BCUT2D eigenvalue weighted by atomic mass is 10.1. The molecule has 0 radical (unpaired) electrons. The number of aromatic nitrogens is 1. The Bertz CT molecular complexity index is 436. The lowest BCUT2D eigenvalue weighted by Crippen LogP contribution is -2.53. The molecular formula is C13H19N3O2. The zero-order valence-electron chi connectivity index (χ0n) is 10.8. The number of pyridine rings is 1. The molecule has 2 heterocycles. The molecule has 1 atom stereocenters. The third kappa shape index (κ3) is 2.46. The van der Waals surface area contributed by atoms with Gasteiger partial charge in [0.25, 0.3) is 5.91 Å². The second-order valence-corrected chi connectivity index (χ2v) is 4.66. The summed E-state index contributed by atoms with van der Waals surface area (Å²) in [7, 11) is 2.08. The van der Waals surface area contributed by atoms with E-state index in [1.165, 1.54) is 12.3 Å². The fraction of sp³-hybridized carbons (Fsp3) is 0.538. The maximum Gasteiger partial charge on any atom is 0.276 e. The van der Waals surface area contributed by atoms with Crippen molar-refractivity contribution in [1.82, 2.24) is 14.8 Å². The fourth-order valence-corrected chi connectivity index (χ4v) is 2.28. The number of carbonyl (C=O) groups excluding carboxylic acids is 1. The van der Waals surface area contributed by atoms with Crippen LogP contribution in [0.15, 0.2) is 18.3 Å². The highest BCUT2D eigenvalue weighted by atomic mass is 16.3. The van der Waals surface area contributed by atoms with E-state index < -0.39 is 0 Å². The highest BCUT2D eigenvalue weighted by Gasteiger charge is 2.28. The van der Waals surface area contributed by atoms with Gasteiger partial charge < -0.3 is 10.0 Å². The number of rotatable bonds is 2. The van der Waals surface area contributed by atoms with Crippen molar-refractivity contribution < 1.29 is 9.90 Å². The van der Waals surface area contributed by atoms with Crippen molar-refractivity contribution in [2.24, 2.45) is 0 Å². The maximum atomic E-state index is 12.3. The van der Waals surface area contributed by atoms with Gasteiger partial charge in [0, 0.05) is 31.9 Å². The van der Waals surface area contributed by atoms with E-state index in [0.717, 1.165) is 13.0 Å². The first-order chi connectivity index (χ1) is 8.63. The largest absolute Gasteiger partial charge is 0.505 e. The number of likely N-dealkylation sites (N-methyl/N-ethyl adjacent to an activating group) is 1. The summed E-state index contributed by atoms with van der Waals surface area (Å²) < 4.78 is 0. The monoisotopic (exact) mass is 249 g/mol. The standard InChI is InChI=1S/C13H19N3O2/c1-3-10-9-16(8-7-15(10)2)13(18)12-11(17)5-4-6-14-12/h4-6,10,17H,3,7-9H2,1-2H3. The van der Waals surface area contributed by atoms with Crippen LogP contribution in [-0.4, -0.2) is 58.5 Å². The first kappa shape index (κ1) is 12.8. The average Bonchev–Trinajstić information content (AvgIpc) is 2.39. The predicted octanol–water partition coefficient (Wildman–Crippen LogP) is 0.953. The highest BCUT2D eigenvalue weighted by Crippen LogP contribution is 2.18. The molecule has 1 unspecified atom stereocenters. The fourth-order valence-electron chi connectivity index (χ4n) is 2.28. The lowest BCUT2D eigenvalue weighted by molar-refractivity contribution is 0.0533. The first-order valence-electron chi connectivity index (χ1n) is 6.27. The minimum atomic E-state index is -0.181. The predicted molar refractivity (Wildman–Crippen MR) is 68.5 cm³/mol. The molecule has 0 saturated carbocycles. The number of hydrogen-bond donors (Lipinski definition) is 1. The SMILES string of the molecule is CCC1CN(C(=O)c2ncccc2O)CCN1C. The van der Waals surface area contributed by atoms with Crippen molar-refractivity contribution in [2.45, 2.75) is 19.4 Å². The summed E-state index contributed by atoms with van der Waals surface area (Å²) in [5.74, 6) is -0.228. The van der Waals surface area contributed by atoms with Crippen LogP contribution in [-0.2, 0) is 0 Å². The highest BCUT2D eigenvalue weighted by molar-refractivity contribution is 5.94. The van der Waals surface area contributed by atoms with Gasteiger partial charge in [-0.2, -0.15) is 0 Å². The number of piperazine rings is 1. The van der Waals surface area contributed by atoms with Crippen LogP contribution in [0.1, 0.15) is 23.8 Å². The molecule has 1 saturated heterocycles. The lowest BCUT2D eigenvalue weighted by Gasteiger charge is -2.38. The van der Waals surface area contributed by atoms with Gasteiger partial charge in [-0.15, -0.1) is 0 Å². The van der Waals surface area contributed by atoms with Crippen molar-refractivity contribution in [1.29, 1.82) is 0 Å². The molecule has 0 aromatic carbocycles. The quantitative estimate of drug-likeness (QED) is 0.848. The zero-order chi connectivity index (χ0) is 13.1. The zero-order valence-corrected chi connectivity index (χ0v) is 10.8. The Labute approximate surface area is 107 Å². The molecule has 1 N–H and O–H groups in total. The molecule has 1 aromatic heterocycles. The van der Waals surface area contributed by atoms with E-state index in [9.17, 15) is 9.90 Å². The minimum Gasteiger partial charge on any atom is -0.505 e. The number of carbonyl (C=O) groups is 1. The molecule has 1 aliphatic heterocycles. The molecule has 1 amide bonds. The Hall–Kier alpha value is -1.62. The van der Waals surface area contributed by atoms with Gasteiger partial charge >= 0.3 is 0 Å². The van der Waals surface area contributed by atoms with Crippen LogP contribution in [0.25, 0.3) is 0 Å². The van der Waals surface area contributed by atoms with E-state index >= 15 is 0 Å². The van der Waals surface area contributed by atoms with Crippen LogP contribution in [0.4, 0.5) is 0 Å². The number of amides is 1. The molecule has 2 rings (SSSR count). The van der Waals surface area contributed by atoms with Crippen molar-refractivity contribution in [3.05, 3.63) is 24.0 Å². The molecule has 1 aromatic rings. The van der Waals surface area contributed by atoms with Gasteiger partial charge in [-0.25, -0.2) is 4.98 Å². The maximum absolute atomic E-state index is 12.3. The van der Waals surface area contributed by atoms with Crippen LogP contribution in [0.3, 0.4) is 0 Å². The summed E-state index contributed by atoms with van der Waals surface area (Å²) in [4.78, 5) is 20.3. The Morgan fingerprint density at radius 1 is 1.56 bits per heavy atom. The summed E-state index contributed by atoms with van der Waals surface area (Å²) in [6, 6.07) is 3.49. The topological polar surface area (TPSA) is 56.7 Å². The molecule has 5 nitrogen and oxygen atoms in total. The average molecular weight is 249 g/mol. The second-order valence-electron chi connectivity index (χ2n) is 4.66. The van der Waals surface area contributed by atoms with E-state index in [4.69, 9.17) is 0 Å². The van der Waals surface area contributed by atoms with Gasteiger partial charge in [0.05, 0.1) is 0 Å². The summed E-state index contributed by atoms with van der Waals surface area (Å²) >= 11 is 0. The molecule has 98 valence electrons. The van der Waals surface area contributed by atoms with E-state index in [1.807, 2.05) is 0 Å². The Morgan fingerprint density at radius 3 is 3.00 bits per heavy atom. The van der Waals surface area contributed by atoms with Gasteiger partial charge in [0.1, 0.15) is 5.75 Å².